The third kappa shape index (κ3) is 7.53. The second-order valence-corrected chi connectivity index (χ2v) is 2.20. The number of allylic oxidation sites excluding steroid dienone is 1. The smallest absolute Gasteiger partial charge is 0.295 e. The maximum absolute atomic E-state index is 9.83. The first kappa shape index (κ1) is 14.7. The third-order valence-corrected chi connectivity index (χ3v) is 1.41. The molecule has 3 nitrogen and oxygen atoms in total. The van der Waals surface area contributed by atoms with E-state index >= 15 is 0 Å². The summed E-state index contributed by atoms with van der Waals surface area (Å²) in [6.07, 6.45) is 2.39. The van der Waals surface area contributed by atoms with Gasteiger partial charge in [-0.3, -0.25) is 4.79 Å². The van der Waals surface area contributed by atoms with Crippen LogP contribution < -0.4 is 0 Å². The Balaban J connectivity index is 0. The van der Waals surface area contributed by atoms with Gasteiger partial charge in [0.15, 0.2) is 0 Å². The standard InChI is InChI=1S/C8H14O3.C2H6/c1-3-5-7(4-2)8(10)11-6-9;1-2/h4,6,8,10H,3,5H2,1-2H3;1-2H3/b7-4-;. The van der Waals surface area contributed by atoms with Crippen molar-refractivity contribution >= 4 is 6.47 Å². The van der Waals surface area contributed by atoms with Gasteiger partial charge in [0.1, 0.15) is 0 Å². The molecule has 0 heterocycles. The Labute approximate surface area is 80.4 Å². The van der Waals surface area contributed by atoms with E-state index in [-0.39, 0.29) is 6.47 Å². The molecular weight excluding hydrogens is 168 g/mol. The van der Waals surface area contributed by atoms with Gasteiger partial charge >= 0.3 is 0 Å². The minimum Gasteiger partial charge on any atom is -0.434 e. The van der Waals surface area contributed by atoms with E-state index in [1.807, 2.05) is 27.7 Å². The van der Waals surface area contributed by atoms with Crippen molar-refractivity contribution in [2.75, 3.05) is 0 Å². The van der Waals surface area contributed by atoms with Crippen molar-refractivity contribution in [2.24, 2.45) is 0 Å². The molecule has 0 aliphatic heterocycles. The molecule has 78 valence electrons. The van der Waals surface area contributed by atoms with Crippen molar-refractivity contribution in [3.8, 4) is 0 Å². The van der Waals surface area contributed by atoms with Gasteiger partial charge in [0.2, 0.25) is 6.29 Å². The van der Waals surface area contributed by atoms with E-state index < -0.39 is 6.29 Å². The third-order valence-electron chi connectivity index (χ3n) is 1.41. The van der Waals surface area contributed by atoms with E-state index in [0.717, 1.165) is 18.4 Å². The molecule has 0 saturated carbocycles. The fourth-order valence-corrected chi connectivity index (χ4v) is 0.839. The largest absolute Gasteiger partial charge is 0.434 e. The van der Waals surface area contributed by atoms with Gasteiger partial charge in [-0.05, 0) is 18.9 Å². The maximum atomic E-state index is 9.83. The molecule has 1 N–H and O–H groups in total. The average Bonchev–Trinajstić information content (AvgIpc) is 2.17. The van der Waals surface area contributed by atoms with Crippen LogP contribution in [0.25, 0.3) is 0 Å². The highest BCUT2D eigenvalue weighted by molar-refractivity contribution is 5.38. The molecule has 0 aromatic heterocycles. The number of rotatable bonds is 5. The summed E-state index contributed by atoms with van der Waals surface area (Å²) < 4.78 is 4.35. The second kappa shape index (κ2) is 11.2. The summed E-state index contributed by atoms with van der Waals surface area (Å²) in [6.45, 7) is 8.06. The molecule has 0 rings (SSSR count). The van der Waals surface area contributed by atoms with Crippen LogP contribution in [-0.4, -0.2) is 17.9 Å². The normalized spacial score (nSPS) is 12.5. The van der Waals surface area contributed by atoms with E-state index in [4.69, 9.17) is 5.11 Å². The molecule has 0 saturated heterocycles. The van der Waals surface area contributed by atoms with Crippen molar-refractivity contribution in [1.29, 1.82) is 0 Å². The Bertz CT molecular complexity index is 141. The molecule has 3 heteroatoms. The summed E-state index contributed by atoms with van der Waals surface area (Å²) in [6, 6.07) is 0. The highest BCUT2D eigenvalue weighted by atomic mass is 16.6. The Hall–Kier alpha value is -0.830. The minimum absolute atomic E-state index is 0.254. The first-order chi connectivity index (χ1) is 6.26. The van der Waals surface area contributed by atoms with Gasteiger partial charge in [-0.2, -0.15) is 0 Å². The molecule has 0 fully saturated rings. The summed E-state index contributed by atoms with van der Waals surface area (Å²) in [4.78, 5) is 9.83. The highest BCUT2D eigenvalue weighted by Crippen LogP contribution is 2.09. The quantitative estimate of drug-likeness (QED) is 0.409. The molecule has 0 amide bonds. The van der Waals surface area contributed by atoms with Crippen LogP contribution in [0.1, 0.15) is 40.5 Å². The Kier molecular flexibility index (Phi) is 12.6. The fourth-order valence-electron chi connectivity index (χ4n) is 0.839. The molecular formula is C10H20O3. The predicted octanol–water partition coefficient (Wildman–Crippen LogP) is 2.25. The van der Waals surface area contributed by atoms with Gasteiger partial charge in [0.25, 0.3) is 6.47 Å². The van der Waals surface area contributed by atoms with E-state index in [1.54, 1.807) is 6.08 Å². The number of hydrogen-bond acceptors (Lipinski definition) is 3. The number of ether oxygens (including phenoxy) is 1. The number of carbonyl (C=O) groups excluding carboxylic acids is 1. The monoisotopic (exact) mass is 188 g/mol. The molecule has 0 aliphatic rings. The molecule has 0 aliphatic carbocycles. The minimum atomic E-state index is -1.06. The molecule has 0 spiro atoms. The van der Waals surface area contributed by atoms with Crippen LogP contribution in [0.15, 0.2) is 11.6 Å². The molecule has 0 bridgehead atoms. The lowest BCUT2D eigenvalue weighted by Crippen LogP contribution is -2.13. The first-order valence-corrected chi connectivity index (χ1v) is 4.68. The summed E-state index contributed by atoms with van der Waals surface area (Å²) >= 11 is 0. The van der Waals surface area contributed by atoms with Crippen molar-refractivity contribution < 1.29 is 14.6 Å². The molecule has 13 heavy (non-hydrogen) atoms. The Morgan fingerprint density at radius 2 is 2.08 bits per heavy atom. The Morgan fingerprint density at radius 1 is 1.54 bits per heavy atom. The fraction of sp³-hybridized carbons (Fsp3) is 0.700. The van der Waals surface area contributed by atoms with Crippen molar-refractivity contribution in [3.63, 3.8) is 0 Å². The zero-order valence-corrected chi connectivity index (χ0v) is 8.91. The van der Waals surface area contributed by atoms with Crippen molar-refractivity contribution in [2.45, 2.75) is 46.8 Å². The topological polar surface area (TPSA) is 46.5 Å². The Morgan fingerprint density at radius 3 is 2.38 bits per heavy atom. The molecule has 0 radical (unpaired) electrons. The lowest BCUT2D eigenvalue weighted by molar-refractivity contribution is -0.146. The van der Waals surface area contributed by atoms with Crippen LogP contribution in [0, 0.1) is 0 Å². The van der Waals surface area contributed by atoms with Gasteiger partial charge < -0.3 is 9.84 Å². The van der Waals surface area contributed by atoms with Crippen LogP contribution in [-0.2, 0) is 9.53 Å². The average molecular weight is 188 g/mol. The van der Waals surface area contributed by atoms with Gasteiger partial charge in [0.05, 0.1) is 0 Å². The zero-order chi connectivity index (χ0) is 10.7. The van der Waals surface area contributed by atoms with E-state index in [2.05, 4.69) is 4.74 Å². The van der Waals surface area contributed by atoms with E-state index in [1.165, 1.54) is 0 Å². The first-order valence-electron chi connectivity index (χ1n) is 4.68. The second-order valence-electron chi connectivity index (χ2n) is 2.20. The van der Waals surface area contributed by atoms with Crippen molar-refractivity contribution in [3.05, 3.63) is 11.6 Å². The molecule has 0 aromatic rings. The van der Waals surface area contributed by atoms with Crippen molar-refractivity contribution in [1.82, 2.24) is 0 Å². The van der Waals surface area contributed by atoms with E-state index in [0.29, 0.717) is 0 Å². The number of hydrogen-bond donors (Lipinski definition) is 1. The SMILES string of the molecule is C/C=C(/CCC)C(O)OC=O.CC. The van der Waals surface area contributed by atoms with E-state index in [9.17, 15) is 4.79 Å². The molecule has 0 aromatic carbocycles. The van der Waals surface area contributed by atoms with Gasteiger partial charge in [0, 0.05) is 0 Å². The van der Waals surface area contributed by atoms with Gasteiger partial charge in [-0.25, -0.2) is 0 Å². The lowest BCUT2D eigenvalue weighted by Gasteiger charge is -2.10. The van der Waals surface area contributed by atoms with Gasteiger partial charge in [-0.15, -0.1) is 0 Å². The molecule has 1 atom stereocenters. The number of aliphatic hydroxyl groups excluding tert-OH is 1. The zero-order valence-electron chi connectivity index (χ0n) is 8.91. The summed E-state index contributed by atoms with van der Waals surface area (Å²) in [5.41, 5.74) is 0.750. The lowest BCUT2D eigenvalue weighted by atomic mass is 10.1. The van der Waals surface area contributed by atoms with Crippen LogP contribution in [0.4, 0.5) is 0 Å². The summed E-state index contributed by atoms with van der Waals surface area (Å²) in [5.74, 6) is 0. The van der Waals surface area contributed by atoms with Crippen LogP contribution >= 0.6 is 0 Å². The number of carbonyl (C=O) groups is 1. The van der Waals surface area contributed by atoms with Crippen LogP contribution in [0.3, 0.4) is 0 Å². The van der Waals surface area contributed by atoms with Gasteiger partial charge in [-0.1, -0.05) is 33.3 Å². The number of aliphatic hydroxyl groups is 1. The molecule has 1 unspecified atom stereocenters. The predicted molar refractivity (Wildman–Crippen MR) is 53.2 cm³/mol. The van der Waals surface area contributed by atoms with Crippen LogP contribution in [0.5, 0.6) is 0 Å². The highest BCUT2D eigenvalue weighted by Gasteiger charge is 2.08. The summed E-state index contributed by atoms with van der Waals surface area (Å²) in [5, 5.41) is 9.12. The summed E-state index contributed by atoms with van der Waals surface area (Å²) in [7, 11) is 0. The van der Waals surface area contributed by atoms with Crippen LogP contribution in [0.2, 0.25) is 0 Å². The maximum Gasteiger partial charge on any atom is 0.295 e.